The Hall–Kier alpha value is -0.240. The van der Waals surface area contributed by atoms with E-state index in [1.165, 1.54) is 38.5 Å². The van der Waals surface area contributed by atoms with Crippen LogP contribution >= 0.6 is 0 Å². The molecule has 0 spiro atoms. The summed E-state index contributed by atoms with van der Waals surface area (Å²) in [7, 11) is 4.16. The maximum absolute atomic E-state index is 11.0. The number of hydroxylamine groups is 1. The smallest absolute Gasteiger partial charge is 0.0837 e. The van der Waals surface area contributed by atoms with Crippen molar-refractivity contribution in [3.63, 3.8) is 0 Å². The Kier molecular flexibility index (Phi) is 7.90. The van der Waals surface area contributed by atoms with Crippen LogP contribution in [0.4, 0.5) is 0 Å². The summed E-state index contributed by atoms with van der Waals surface area (Å²) in [4.78, 5) is 7.89. The highest BCUT2D eigenvalue weighted by Gasteiger charge is 2.61. The summed E-state index contributed by atoms with van der Waals surface area (Å²) in [6, 6.07) is 0. The predicted octanol–water partition coefficient (Wildman–Crippen LogP) is 3.04. The summed E-state index contributed by atoms with van der Waals surface area (Å²) in [6.07, 6.45) is 9.57. The molecule has 6 nitrogen and oxygen atoms in total. The molecule has 0 radical (unpaired) electrons. The van der Waals surface area contributed by atoms with E-state index < -0.39 is 0 Å². The van der Waals surface area contributed by atoms with Crippen LogP contribution in [0.2, 0.25) is 0 Å². The van der Waals surface area contributed by atoms with E-state index in [1.807, 2.05) is 0 Å². The van der Waals surface area contributed by atoms with Crippen LogP contribution < -0.4 is 11.2 Å². The van der Waals surface area contributed by atoms with Crippen LogP contribution in [0.1, 0.15) is 65.2 Å². The Morgan fingerprint density at radius 3 is 2.56 bits per heavy atom. The Labute approximate surface area is 195 Å². The lowest BCUT2D eigenvalue weighted by Gasteiger charge is -2.61. The molecule has 0 aromatic rings. The highest BCUT2D eigenvalue weighted by molar-refractivity contribution is 5.10. The van der Waals surface area contributed by atoms with E-state index in [-0.39, 0.29) is 17.6 Å². The van der Waals surface area contributed by atoms with Crippen LogP contribution in [0, 0.1) is 40.4 Å². The van der Waals surface area contributed by atoms with E-state index in [0.29, 0.717) is 30.4 Å². The minimum atomic E-state index is -0.338. The predicted molar refractivity (Wildman–Crippen MR) is 128 cm³/mol. The molecule has 4 aliphatic rings. The summed E-state index contributed by atoms with van der Waals surface area (Å²) in [6.45, 7) is 8.85. The zero-order chi connectivity index (χ0) is 22.9. The number of nitrogens with zero attached hydrogens (tertiary/aromatic N) is 1. The fourth-order valence-electron chi connectivity index (χ4n) is 8.56. The van der Waals surface area contributed by atoms with Crippen molar-refractivity contribution in [1.82, 2.24) is 10.4 Å². The van der Waals surface area contributed by atoms with Gasteiger partial charge in [0, 0.05) is 19.6 Å². The van der Waals surface area contributed by atoms with Crippen LogP contribution in [0.5, 0.6) is 0 Å². The number of ether oxygens (including phenoxy) is 1. The molecule has 186 valence electrons. The van der Waals surface area contributed by atoms with E-state index >= 15 is 0 Å². The maximum Gasteiger partial charge on any atom is 0.0837 e. The molecule has 4 fully saturated rings. The lowest BCUT2D eigenvalue weighted by molar-refractivity contribution is -0.170. The number of rotatable bonds is 9. The minimum Gasteiger partial charge on any atom is -0.390 e. The number of likely N-dealkylation sites (N-methyl/N-ethyl adjacent to an activating group) is 1. The fraction of sp³-hybridized carbons (Fsp3) is 1.00. The second-order valence-electron chi connectivity index (χ2n) is 12.2. The van der Waals surface area contributed by atoms with Gasteiger partial charge >= 0.3 is 0 Å². The number of nitrogens with one attached hydrogen (secondary N) is 1. The van der Waals surface area contributed by atoms with Crippen molar-refractivity contribution in [3.05, 3.63) is 0 Å². The maximum atomic E-state index is 11.0. The van der Waals surface area contributed by atoms with Crippen LogP contribution in [0.25, 0.3) is 0 Å². The van der Waals surface area contributed by atoms with Crippen molar-refractivity contribution in [1.29, 1.82) is 0 Å². The van der Waals surface area contributed by atoms with E-state index in [2.05, 4.69) is 38.3 Å². The molecule has 0 amide bonds. The van der Waals surface area contributed by atoms with E-state index in [9.17, 15) is 5.11 Å². The first kappa shape index (κ1) is 24.9. The van der Waals surface area contributed by atoms with Gasteiger partial charge in [-0.1, -0.05) is 13.8 Å². The Bertz CT molecular complexity index is 619. The van der Waals surface area contributed by atoms with Crippen LogP contribution in [-0.4, -0.2) is 69.2 Å². The molecule has 0 heterocycles. The number of aliphatic hydroxyl groups excluding tert-OH is 1. The van der Waals surface area contributed by atoms with Crippen LogP contribution in [0.3, 0.4) is 0 Å². The average molecular weight is 452 g/mol. The third kappa shape index (κ3) is 4.65. The zero-order valence-corrected chi connectivity index (χ0v) is 21.0. The second-order valence-corrected chi connectivity index (χ2v) is 12.2. The number of aliphatic hydroxyl groups is 1. The topological polar surface area (TPSA) is 80.0 Å². The van der Waals surface area contributed by atoms with Gasteiger partial charge in [0.15, 0.2) is 0 Å². The molecule has 4 aliphatic carbocycles. The monoisotopic (exact) mass is 451 g/mol. The molecular weight excluding hydrogens is 402 g/mol. The molecule has 4 rings (SSSR count). The minimum absolute atomic E-state index is 0.0172. The summed E-state index contributed by atoms with van der Waals surface area (Å²) in [5.74, 6) is 3.80. The van der Waals surface area contributed by atoms with Gasteiger partial charge < -0.3 is 25.3 Å². The molecule has 9 atom stereocenters. The van der Waals surface area contributed by atoms with Gasteiger partial charge in [-0.25, -0.2) is 5.48 Å². The molecular formula is C26H49N3O3. The van der Waals surface area contributed by atoms with Crippen molar-refractivity contribution in [3.8, 4) is 0 Å². The normalized spacial score (nSPS) is 46.0. The second kappa shape index (κ2) is 10.2. The largest absolute Gasteiger partial charge is 0.390 e. The standard InChI is InChI=1S/C26H49N3O3/c1-25-10-9-22-20(21(25)8-6-19(25)17-28-32-14-12-29(3)4)7-5-18-15-24(31-13-11-27)23(30)16-26(18,22)2/h18-24,28,30H,5-17,27H2,1-4H3/t18?,19?,20-,21-,22+,23?,24?,25+,26-/m0/s1. The number of fused-ring (bicyclic) bond motifs is 5. The summed E-state index contributed by atoms with van der Waals surface area (Å²) in [5.41, 5.74) is 9.65. The third-order valence-electron chi connectivity index (χ3n) is 10.4. The highest BCUT2D eigenvalue weighted by atomic mass is 16.6. The number of hydrogen-bond acceptors (Lipinski definition) is 6. The van der Waals surface area contributed by atoms with Crippen molar-refractivity contribution >= 4 is 0 Å². The van der Waals surface area contributed by atoms with Crippen molar-refractivity contribution < 1.29 is 14.7 Å². The van der Waals surface area contributed by atoms with Gasteiger partial charge in [-0.2, -0.15) is 0 Å². The zero-order valence-electron chi connectivity index (χ0n) is 21.0. The van der Waals surface area contributed by atoms with E-state index in [4.69, 9.17) is 15.3 Å². The molecule has 4 unspecified atom stereocenters. The quantitative estimate of drug-likeness (QED) is 0.369. The molecule has 0 bridgehead atoms. The van der Waals surface area contributed by atoms with Crippen molar-refractivity contribution in [2.24, 2.45) is 46.2 Å². The SMILES string of the molecule is CN(C)CCONCC1CC[C@H]2[C@@H]3CCC4CC(OCCN)C(O)C[C@]4(C)[C@@H]3CC[C@]12C. The van der Waals surface area contributed by atoms with Gasteiger partial charge in [0.05, 0.1) is 25.4 Å². The van der Waals surface area contributed by atoms with Gasteiger partial charge in [-0.05, 0) is 106 Å². The molecule has 32 heavy (non-hydrogen) atoms. The van der Waals surface area contributed by atoms with Gasteiger partial charge in [-0.3, -0.25) is 0 Å². The summed E-state index contributed by atoms with van der Waals surface area (Å²) < 4.78 is 5.95. The van der Waals surface area contributed by atoms with Gasteiger partial charge in [0.2, 0.25) is 0 Å². The summed E-state index contributed by atoms with van der Waals surface area (Å²) in [5, 5.41) is 11.0. The fourth-order valence-corrected chi connectivity index (χ4v) is 8.56. The van der Waals surface area contributed by atoms with E-state index in [0.717, 1.165) is 50.3 Å². The molecule has 0 aromatic carbocycles. The summed E-state index contributed by atoms with van der Waals surface area (Å²) >= 11 is 0. The lowest BCUT2D eigenvalue weighted by Crippen LogP contribution is -2.57. The van der Waals surface area contributed by atoms with Crippen molar-refractivity contribution in [2.45, 2.75) is 77.4 Å². The average Bonchev–Trinajstić information content (AvgIpc) is 3.08. The van der Waals surface area contributed by atoms with Gasteiger partial charge in [-0.15, -0.1) is 0 Å². The first-order valence-electron chi connectivity index (χ1n) is 13.3. The Morgan fingerprint density at radius 2 is 1.81 bits per heavy atom. The molecule has 4 N–H and O–H groups in total. The molecule has 4 saturated carbocycles. The lowest BCUT2D eigenvalue weighted by atomic mass is 9.44. The van der Waals surface area contributed by atoms with Gasteiger partial charge in [0.1, 0.15) is 0 Å². The Balaban J connectivity index is 1.38. The Morgan fingerprint density at radius 1 is 1.03 bits per heavy atom. The first-order valence-corrected chi connectivity index (χ1v) is 13.3. The molecule has 0 aliphatic heterocycles. The van der Waals surface area contributed by atoms with E-state index in [1.54, 1.807) is 0 Å². The molecule has 0 saturated heterocycles. The number of nitrogens with two attached hydrogens (primary N) is 1. The molecule has 6 heteroatoms. The first-order chi connectivity index (χ1) is 15.3. The van der Waals surface area contributed by atoms with Crippen LogP contribution in [-0.2, 0) is 9.57 Å². The van der Waals surface area contributed by atoms with Crippen LogP contribution in [0.15, 0.2) is 0 Å². The molecule has 0 aromatic heterocycles. The third-order valence-corrected chi connectivity index (χ3v) is 10.4. The highest BCUT2D eigenvalue weighted by Crippen LogP contribution is 2.67. The number of hydrogen-bond donors (Lipinski definition) is 3. The van der Waals surface area contributed by atoms with Crippen molar-refractivity contribution in [2.75, 3.05) is 46.9 Å². The van der Waals surface area contributed by atoms with Gasteiger partial charge in [0.25, 0.3) is 0 Å².